The van der Waals surface area contributed by atoms with Crippen molar-refractivity contribution in [2.24, 2.45) is 0 Å². The molecule has 1 aromatic rings. The molecular weight excluding hydrogens is 252 g/mol. The summed E-state index contributed by atoms with van der Waals surface area (Å²) >= 11 is 0. The summed E-state index contributed by atoms with van der Waals surface area (Å²) in [5.41, 5.74) is 1.03. The van der Waals surface area contributed by atoms with Gasteiger partial charge in [-0.3, -0.25) is 4.72 Å². The van der Waals surface area contributed by atoms with Crippen molar-refractivity contribution in [3.8, 4) is 0 Å². The van der Waals surface area contributed by atoms with E-state index in [4.69, 9.17) is 0 Å². The van der Waals surface area contributed by atoms with Crippen LogP contribution in [0.25, 0.3) is 0 Å². The van der Waals surface area contributed by atoms with Crippen LogP contribution in [0.4, 0.5) is 5.69 Å². The number of anilines is 1. The predicted octanol–water partition coefficient (Wildman–Crippen LogP) is 1.49. The summed E-state index contributed by atoms with van der Waals surface area (Å²) in [7, 11) is -3.50. The summed E-state index contributed by atoms with van der Waals surface area (Å²) in [4.78, 5) is 0. The van der Waals surface area contributed by atoms with Crippen LogP contribution < -0.4 is 4.72 Å². The summed E-state index contributed by atoms with van der Waals surface area (Å²) in [6, 6.07) is 6.89. The van der Waals surface area contributed by atoms with E-state index in [1.807, 2.05) is 0 Å². The molecule has 0 aliphatic carbocycles. The molecule has 1 unspecified atom stereocenters. The lowest BCUT2D eigenvalue weighted by atomic mass is 10.1. The molecule has 1 heterocycles. The quantitative estimate of drug-likeness (QED) is 0.871. The Morgan fingerprint density at radius 2 is 1.89 bits per heavy atom. The fourth-order valence-electron chi connectivity index (χ4n) is 2.09. The first-order valence-electron chi connectivity index (χ1n) is 6.05. The molecule has 0 aromatic heterocycles. The van der Waals surface area contributed by atoms with Crippen molar-refractivity contribution in [2.75, 3.05) is 17.8 Å². The van der Waals surface area contributed by atoms with Gasteiger partial charge in [0.05, 0.1) is 11.8 Å². The van der Waals surface area contributed by atoms with Crippen LogP contribution >= 0.6 is 0 Å². The predicted molar refractivity (Wildman–Crippen MR) is 70.4 cm³/mol. The molecule has 0 spiro atoms. The Morgan fingerprint density at radius 3 is 2.50 bits per heavy atom. The third-order valence-corrected chi connectivity index (χ3v) is 4.58. The van der Waals surface area contributed by atoms with Crippen LogP contribution in [0.3, 0.4) is 0 Å². The zero-order valence-corrected chi connectivity index (χ0v) is 11.2. The van der Waals surface area contributed by atoms with Crippen LogP contribution in [0.2, 0.25) is 0 Å². The number of para-hydroxylation sites is 1. The molecule has 1 fully saturated rings. The van der Waals surface area contributed by atoms with Crippen LogP contribution in [0.1, 0.15) is 31.4 Å². The summed E-state index contributed by atoms with van der Waals surface area (Å²) in [6.07, 6.45) is 1.10. The van der Waals surface area contributed by atoms with Gasteiger partial charge in [0.2, 0.25) is 0 Å². The molecule has 0 saturated carbocycles. The number of nitrogens with zero attached hydrogens (tertiary/aromatic N) is 1. The lowest BCUT2D eigenvalue weighted by Gasteiger charge is -2.19. The molecule has 0 bridgehead atoms. The number of benzene rings is 1. The molecule has 0 amide bonds. The number of hydrogen-bond donors (Lipinski definition) is 2. The van der Waals surface area contributed by atoms with E-state index in [0.29, 0.717) is 24.3 Å². The maximum Gasteiger partial charge on any atom is 0.301 e. The zero-order chi connectivity index (χ0) is 13.2. The van der Waals surface area contributed by atoms with Gasteiger partial charge in [-0.25, -0.2) is 0 Å². The minimum Gasteiger partial charge on any atom is -0.389 e. The second-order valence-electron chi connectivity index (χ2n) is 4.48. The van der Waals surface area contributed by atoms with E-state index in [1.165, 1.54) is 4.31 Å². The van der Waals surface area contributed by atoms with Crippen molar-refractivity contribution >= 4 is 15.9 Å². The summed E-state index contributed by atoms with van der Waals surface area (Å²) < 4.78 is 28.2. The Kier molecular flexibility index (Phi) is 3.89. The Morgan fingerprint density at radius 1 is 1.28 bits per heavy atom. The van der Waals surface area contributed by atoms with Crippen LogP contribution in [0.5, 0.6) is 0 Å². The third kappa shape index (κ3) is 2.82. The molecule has 1 aromatic carbocycles. The summed E-state index contributed by atoms with van der Waals surface area (Å²) in [5.74, 6) is 0. The van der Waals surface area contributed by atoms with Gasteiger partial charge in [0.1, 0.15) is 0 Å². The highest BCUT2D eigenvalue weighted by atomic mass is 32.2. The van der Waals surface area contributed by atoms with Crippen LogP contribution in [-0.4, -0.2) is 30.9 Å². The van der Waals surface area contributed by atoms with Crippen LogP contribution in [0.15, 0.2) is 24.3 Å². The zero-order valence-electron chi connectivity index (χ0n) is 10.3. The number of nitrogens with one attached hydrogen (secondary N) is 1. The highest BCUT2D eigenvalue weighted by Gasteiger charge is 2.25. The normalized spacial score (nSPS) is 18.8. The molecule has 1 aliphatic rings. The Balaban J connectivity index is 2.23. The second-order valence-corrected chi connectivity index (χ2v) is 6.15. The molecule has 1 atom stereocenters. The van der Waals surface area contributed by atoms with Gasteiger partial charge < -0.3 is 5.11 Å². The third-order valence-electron chi connectivity index (χ3n) is 3.05. The van der Waals surface area contributed by atoms with E-state index in [0.717, 1.165) is 12.8 Å². The lowest BCUT2D eigenvalue weighted by Crippen LogP contribution is -2.33. The highest BCUT2D eigenvalue weighted by molar-refractivity contribution is 7.90. The van der Waals surface area contributed by atoms with Crippen molar-refractivity contribution in [2.45, 2.75) is 25.9 Å². The number of hydrogen-bond acceptors (Lipinski definition) is 3. The second kappa shape index (κ2) is 5.26. The van der Waals surface area contributed by atoms with Gasteiger partial charge in [-0.15, -0.1) is 0 Å². The highest BCUT2D eigenvalue weighted by Crippen LogP contribution is 2.24. The van der Waals surface area contributed by atoms with E-state index in [9.17, 15) is 13.5 Å². The Bertz CT molecular complexity index is 508. The average molecular weight is 270 g/mol. The number of aliphatic hydroxyl groups excluding tert-OH is 1. The molecule has 100 valence electrons. The van der Waals surface area contributed by atoms with E-state index in [2.05, 4.69) is 4.72 Å². The van der Waals surface area contributed by atoms with Crippen LogP contribution in [0, 0.1) is 0 Å². The SMILES string of the molecule is CC(O)c1ccccc1NS(=O)(=O)N1CCCC1. The van der Waals surface area contributed by atoms with Gasteiger partial charge in [-0.05, 0) is 25.8 Å². The molecule has 1 aliphatic heterocycles. The molecule has 5 nitrogen and oxygen atoms in total. The Labute approximate surface area is 108 Å². The van der Waals surface area contributed by atoms with Gasteiger partial charge in [0.25, 0.3) is 0 Å². The van der Waals surface area contributed by atoms with Crippen molar-refractivity contribution in [3.63, 3.8) is 0 Å². The number of aliphatic hydroxyl groups is 1. The Hall–Kier alpha value is -1.11. The first-order chi connectivity index (χ1) is 8.50. The minimum atomic E-state index is -3.50. The van der Waals surface area contributed by atoms with Gasteiger partial charge in [0.15, 0.2) is 0 Å². The van der Waals surface area contributed by atoms with Gasteiger partial charge in [-0.2, -0.15) is 12.7 Å². The first-order valence-corrected chi connectivity index (χ1v) is 7.49. The molecule has 2 N–H and O–H groups in total. The van der Waals surface area contributed by atoms with Crippen molar-refractivity contribution in [1.82, 2.24) is 4.31 Å². The van der Waals surface area contributed by atoms with Crippen molar-refractivity contribution in [3.05, 3.63) is 29.8 Å². The monoisotopic (exact) mass is 270 g/mol. The summed E-state index contributed by atoms with van der Waals surface area (Å²) in [5, 5.41) is 9.62. The molecular formula is C12H18N2O3S. The lowest BCUT2D eigenvalue weighted by molar-refractivity contribution is 0.200. The largest absolute Gasteiger partial charge is 0.389 e. The fourth-order valence-corrected chi connectivity index (χ4v) is 3.42. The fraction of sp³-hybridized carbons (Fsp3) is 0.500. The maximum atomic E-state index is 12.1. The van der Waals surface area contributed by atoms with E-state index in [-0.39, 0.29) is 0 Å². The van der Waals surface area contributed by atoms with Gasteiger partial charge in [0, 0.05) is 18.7 Å². The van der Waals surface area contributed by atoms with E-state index < -0.39 is 16.3 Å². The van der Waals surface area contributed by atoms with Crippen molar-refractivity contribution < 1.29 is 13.5 Å². The van der Waals surface area contributed by atoms with E-state index in [1.54, 1.807) is 31.2 Å². The van der Waals surface area contributed by atoms with Gasteiger partial charge in [-0.1, -0.05) is 18.2 Å². The van der Waals surface area contributed by atoms with Crippen molar-refractivity contribution in [1.29, 1.82) is 0 Å². The molecule has 1 saturated heterocycles. The summed E-state index contributed by atoms with van der Waals surface area (Å²) in [6.45, 7) is 2.74. The molecule has 2 rings (SSSR count). The minimum absolute atomic E-state index is 0.444. The standard InChI is InChI=1S/C12H18N2O3S/c1-10(15)11-6-2-3-7-12(11)13-18(16,17)14-8-4-5-9-14/h2-3,6-7,10,13,15H,4-5,8-9H2,1H3. The van der Waals surface area contributed by atoms with E-state index >= 15 is 0 Å². The molecule has 6 heteroatoms. The van der Waals surface area contributed by atoms with Gasteiger partial charge >= 0.3 is 10.2 Å². The van der Waals surface area contributed by atoms with Crippen LogP contribution in [-0.2, 0) is 10.2 Å². The number of rotatable bonds is 4. The smallest absolute Gasteiger partial charge is 0.301 e. The molecule has 0 radical (unpaired) electrons. The average Bonchev–Trinajstić information content (AvgIpc) is 2.83. The first kappa shape index (κ1) is 13.3. The molecule has 18 heavy (non-hydrogen) atoms. The maximum absolute atomic E-state index is 12.1. The topological polar surface area (TPSA) is 69.6 Å².